The molecule has 2 N–H and O–H groups in total. The Hall–Kier alpha value is -0.120. The normalized spacial score (nSPS) is 41.7. The second-order valence-electron chi connectivity index (χ2n) is 6.85. The minimum Gasteiger partial charge on any atom is -0.330 e. The molecule has 3 nitrogen and oxygen atoms in total. The molecule has 0 radical (unpaired) electrons. The van der Waals surface area contributed by atoms with Crippen LogP contribution in [-0.2, 0) is 0 Å². The fourth-order valence-electron chi connectivity index (χ4n) is 4.41. The first-order chi connectivity index (χ1) is 8.78. The van der Waals surface area contributed by atoms with Gasteiger partial charge in [0.05, 0.1) is 6.67 Å². The van der Waals surface area contributed by atoms with E-state index < -0.39 is 0 Å². The van der Waals surface area contributed by atoms with Crippen molar-refractivity contribution in [2.75, 3.05) is 26.3 Å². The Morgan fingerprint density at radius 3 is 2.56 bits per heavy atom. The van der Waals surface area contributed by atoms with Crippen molar-refractivity contribution in [3.05, 3.63) is 0 Å². The Balaban J connectivity index is 1.61. The van der Waals surface area contributed by atoms with Gasteiger partial charge in [0.1, 0.15) is 0 Å². The van der Waals surface area contributed by atoms with Crippen LogP contribution < -0.4 is 5.73 Å². The second kappa shape index (κ2) is 5.48. The summed E-state index contributed by atoms with van der Waals surface area (Å²) in [5, 5.41) is 0. The van der Waals surface area contributed by atoms with Gasteiger partial charge in [-0.3, -0.25) is 9.80 Å². The van der Waals surface area contributed by atoms with Crippen molar-refractivity contribution in [1.29, 1.82) is 0 Å². The van der Waals surface area contributed by atoms with Crippen molar-refractivity contribution < 1.29 is 0 Å². The summed E-state index contributed by atoms with van der Waals surface area (Å²) in [5.41, 5.74) is 5.66. The van der Waals surface area contributed by atoms with Crippen molar-refractivity contribution in [3.63, 3.8) is 0 Å². The molecule has 0 saturated carbocycles. The lowest BCUT2D eigenvalue weighted by Crippen LogP contribution is -2.45. The van der Waals surface area contributed by atoms with Gasteiger partial charge < -0.3 is 5.73 Å². The second-order valence-corrected chi connectivity index (χ2v) is 6.85. The summed E-state index contributed by atoms with van der Waals surface area (Å²) >= 11 is 0. The van der Waals surface area contributed by atoms with Gasteiger partial charge in [-0.25, -0.2) is 0 Å². The number of nitrogens with two attached hydrogens (primary N) is 1. The van der Waals surface area contributed by atoms with Crippen molar-refractivity contribution in [2.45, 2.75) is 57.5 Å². The number of rotatable bonds is 3. The third kappa shape index (κ3) is 2.45. The van der Waals surface area contributed by atoms with E-state index in [1.807, 2.05) is 0 Å². The zero-order valence-corrected chi connectivity index (χ0v) is 11.9. The third-order valence-electron chi connectivity index (χ3n) is 5.51. The first-order valence-corrected chi connectivity index (χ1v) is 7.96. The Morgan fingerprint density at radius 2 is 1.78 bits per heavy atom. The topological polar surface area (TPSA) is 32.5 Å². The average Bonchev–Trinajstić information content (AvgIpc) is 2.74. The maximum atomic E-state index is 5.66. The minimum absolute atomic E-state index is 0.865. The summed E-state index contributed by atoms with van der Waals surface area (Å²) in [5.74, 6) is 1.89. The standard InChI is InChI=1S/C15H29N3/c1-12-4-7-17-11-18-8-5-13(3-2-6-16)10-15(18)14(17)9-12/h12-15H,2-11,16H2,1H3. The van der Waals surface area contributed by atoms with E-state index in [1.165, 1.54) is 58.3 Å². The molecule has 0 aliphatic carbocycles. The molecule has 0 aromatic carbocycles. The molecule has 4 unspecified atom stereocenters. The van der Waals surface area contributed by atoms with Crippen LogP contribution in [0.5, 0.6) is 0 Å². The molecule has 3 aliphatic heterocycles. The van der Waals surface area contributed by atoms with Gasteiger partial charge in [-0.1, -0.05) is 6.92 Å². The predicted molar refractivity (Wildman–Crippen MR) is 75.3 cm³/mol. The van der Waals surface area contributed by atoms with Crippen LogP contribution in [0, 0.1) is 11.8 Å². The average molecular weight is 251 g/mol. The van der Waals surface area contributed by atoms with Gasteiger partial charge in [0.25, 0.3) is 0 Å². The highest BCUT2D eigenvalue weighted by Gasteiger charge is 2.44. The van der Waals surface area contributed by atoms with Crippen molar-refractivity contribution in [2.24, 2.45) is 17.6 Å². The molecule has 3 heterocycles. The molecule has 3 rings (SSSR count). The van der Waals surface area contributed by atoms with E-state index in [2.05, 4.69) is 16.7 Å². The molecule has 18 heavy (non-hydrogen) atoms. The first kappa shape index (κ1) is 12.9. The fraction of sp³-hybridized carbons (Fsp3) is 1.00. The van der Waals surface area contributed by atoms with Crippen LogP contribution in [0.1, 0.15) is 45.4 Å². The van der Waals surface area contributed by atoms with Crippen LogP contribution in [0.25, 0.3) is 0 Å². The van der Waals surface area contributed by atoms with E-state index in [9.17, 15) is 0 Å². The van der Waals surface area contributed by atoms with Gasteiger partial charge in [-0.15, -0.1) is 0 Å². The molecule has 104 valence electrons. The van der Waals surface area contributed by atoms with Crippen LogP contribution in [0.4, 0.5) is 0 Å². The predicted octanol–water partition coefficient (Wildman–Crippen LogP) is 1.88. The quantitative estimate of drug-likeness (QED) is 0.831. The zero-order chi connectivity index (χ0) is 12.5. The summed E-state index contributed by atoms with van der Waals surface area (Å²) in [6.07, 6.45) is 8.28. The fourth-order valence-corrected chi connectivity index (χ4v) is 4.41. The van der Waals surface area contributed by atoms with Crippen LogP contribution in [0.15, 0.2) is 0 Å². The van der Waals surface area contributed by atoms with Gasteiger partial charge in [0.15, 0.2) is 0 Å². The van der Waals surface area contributed by atoms with Crippen molar-refractivity contribution >= 4 is 0 Å². The molecule has 4 atom stereocenters. The Morgan fingerprint density at radius 1 is 1.06 bits per heavy atom. The molecule has 0 amide bonds. The van der Waals surface area contributed by atoms with E-state index in [1.54, 1.807) is 0 Å². The minimum atomic E-state index is 0.865. The SMILES string of the molecule is CC1CCN2CN3CCC(CCCN)CC3C2C1. The molecule has 0 aromatic heterocycles. The summed E-state index contributed by atoms with van der Waals surface area (Å²) < 4.78 is 0. The van der Waals surface area contributed by atoms with E-state index in [0.717, 1.165) is 30.5 Å². The first-order valence-electron chi connectivity index (χ1n) is 7.96. The van der Waals surface area contributed by atoms with E-state index in [-0.39, 0.29) is 0 Å². The summed E-state index contributed by atoms with van der Waals surface area (Å²) in [7, 11) is 0. The highest BCUT2D eigenvalue weighted by molar-refractivity contribution is 4.99. The lowest BCUT2D eigenvalue weighted by Gasteiger charge is -2.39. The maximum Gasteiger partial charge on any atom is 0.0512 e. The summed E-state index contributed by atoms with van der Waals surface area (Å²) in [6.45, 7) is 7.24. The maximum absolute atomic E-state index is 5.66. The monoisotopic (exact) mass is 251 g/mol. The number of hydrogen-bond donors (Lipinski definition) is 1. The molecule has 0 spiro atoms. The van der Waals surface area contributed by atoms with Gasteiger partial charge >= 0.3 is 0 Å². The Labute approximate surface area is 112 Å². The van der Waals surface area contributed by atoms with E-state index in [0.29, 0.717) is 0 Å². The van der Waals surface area contributed by atoms with Crippen LogP contribution in [0.3, 0.4) is 0 Å². The zero-order valence-electron chi connectivity index (χ0n) is 11.9. The molecule has 3 aliphatic rings. The largest absolute Gasteiger partial charge is 0.330 e. The van der Waals surface area contributed by atoms with Crippen molar-refractivity contribution in [1.82, 2.24) is 9.80 Å². The number of hydrogen-bond acceptors (Lipinski definition) is 3. The van der Waals surface area contributed by atoms with E-state index >= 15 is 0 Å². The number of nitrogens with zero attached hydrogens (tertiary/aromatic N) is 2. The highest BCUT2D eigenvalue weighted by Crippen LogP contribution is 2.38. The van der Waals surface area contributed by atoms with Crippen molar-refractivity contribution in [3.8, 4) is 0 Å². The summed E-state index contributed by atoms with van der Waals surface area (Å²) in [6, 6.07) is 1.73. The van der Waals surface area contributed by atoms with Crippen LogP contribution in [-0.4, -0.2) is 48.2 Å². The van der Waals surface area contributed by atoms with Gasteiger partial charge in [0.2, 0.25) is 0 Å². The van der Waals surface area contributed by atoms with Crippen LogP contribution >= 0.6 is 0 Å². The number of piperidine rings is 2. The van der Waals surface area contributed by atoms with E-state index in [4.69, 9.17) is 5.73 Å². The van der Waals surface area contributed by atoms with Crippen LogP contribution in [0.2, 0.25) is 0 Å². The lowest BCUT2D eigenvalue weighted by molar-refractivity contribution is 0.131. The molecule has 3 saturated heterocycles. The molecule has 3 fully saturated rings. The molecular weight excluding hydrogens is 222 g/mol. The third-order valence-corrected chi connectivity index (χ3v) is 5.51. The molecular formula is C15H29N3. The van der Waals surface area contributed by atoms with Gasteiger partial charge in [-0.2, -0.15) is 0 Å². The molecule has 0 bridgehead atoms. The molecule has 3 heteroatoms. The summed E-state index contributed by atoms with van der Waals surface area (Å²) in [4.78, 5) is 5.53. The van der Waals surface area contributed by atoms with Gasteiger partial charge in [0, 0.05) is 18.6 Å². The Bertz CT molecular complexity index is 281. The van der Waals surface area contributed by atoms with Gasteiger partial charge in [-0.05, 0) is 63.5 Å². The highest BCUT2D eigenvalue weighted by atomic mass is 15.4. The Kier molecular flexibility index (Phi) is 3.92. The molecule has 0 aromatic rings. The number of fused-ring (bicyclic) bond motifs is 3. The smallest absolute Gasteiger partial charge is 0.0512 e. The lowest BCUT2D eigenvalue weighted by atomic mass is 9.81.